The van der Waals surface area contributed by atoms with E-state index in [0.29, 0.717) is 6.42 Å². The fourth-order valence-electron chi connectivity index (χ4n) is 3.44. The monoisotopic (exact) mass is 304 g/mol. The highest BCUT2D eigenvalue weighted by Gasteiger charge is 2.31. The van der Waals surface area contributed by atoms with Gasteiger partial charge in [0.25, 0.3) is 0 Å². The van der Waals surface area contributed by atoms with E-state index in [1.54, 1.807) is 6.20 Å². The third-order valence-corrected chi connectivity index (χ3v) is 4.68. The van der Waals surface area contributed by atoms with Crippen LogP contribution in [0.2, 0.25) is 0 Å². The van der Waals surface area contributed by atoms with Gasteiger partial charge in [0.1, 0.15) is 11.9 Å². The Morgan fingerprint density at radius 1 is 1.55 bits per heavy atom. The van der Waals surface area contributed by atoms with E-state index in [-0.39, 0.29) is 11.3 Å². The molecule has 1 N–H and O–H groups in total. The molecule has 2 atom stereocenters. The molecule has 2 unspecified atom stereocenters. The number of aliphatic hydroxyl groups excluding tert-OH is 1. The van der Waals surface area contributed by atoms with Crippen molar-refractivity contribution in [1.29, 1.82) is 5.26 Å². The van der Waals surface area contributed by atoms with E-state index in [1.807, 2.05) is 17.8 Å². The van der Waals surface area contributed by atoms with Crippen LogP contribution in [0, 0.1) is 22.7 Å². The van der Waals surface area contributed by atoms with Gasteiger partial charge in [0.15, 0.2) is 0 Å². The summed E-state index contributed by atoms with van der Waals surface area (Å²) in [6.45, 7) is 7.43. The zero-order valence-corrected chi connectivity index (χ0v) is 14.0. The van der Waals surface area contributed by atoms with Crippen molar-refractivity contribution in [3.05, 3.63) is 18.2 Å². The molecule has 22 heavy (non-hydrogen) atoms. The summed E-state index contributed by atoms with van der Waals surface area (Å²) in [6, 6.07) is 2.24. The van der Waals surface area contributed by atoms with Crippen LogP contribution in [0.3, 0.4) is 0 Å². The summed E-state index contributed by atoms with van der Waals surface area (Å²) in [5.41, 5.74) is 0.145. The summed E-state index contributed by atoms with van der Waals surface area (Å²) in [6.07, 6.45) is 6.81. The van der Waals surface area contributed by atoms with Gasteiger partial charge < -0.3 is 14.6 Å². The first-order valence-electron chi connectivity index (χ1n) is 8.17. The Morgan fingerprint density at radius 3 is 2.95 bits per heavy atom. The van der Waals surface area contributed by atoms with E-state index >= 15 is 0 Å². The van der Waals surface area contributed by atoms with Crippen LogP contribution in [0.15, 0.2) is 12.4 Å². The van der Waals surface area contributed by atoms with Crippen molar-refractivity contribution < 1.29 is 5.11 Å². The summed E-state index contributed by atoms with van der Waals surface area (Å²) < 4.78 is 1.90. The number of nitriles is 1. The largest absolute Gasteiger partial charge is 0.385 e. The van der Waals surface area contributed by atoms with Crippen molar-refractivity contribution in [3.8, 4) is 6.07 Å². The number of aromatic nitrogens is 2. The third kappa shape index (κ3) is 4.31. The maximum atomic E-state index is 10.6. The SMILES string of the molecule is Cn1ccnc1C(O)C1CCCN(CC(C)(C)CCC#N)C1. The van der Waals surface area contributed by atoms with Gasteiger partial charge in [0.05, 0.1) is 6.07 Å². The van der Waals surface area contributed by atoms with E-state index in [4.69, 9.17) is 5.26 Å². The fourth-order valence-corrected chi connectivity index (χ4v) is 3.44. The van der Waals surface area contributed by atoms with Crippen LogP contribution in [0.5, 0.6) is 0 Å². The van der Waals surface area contributed by atoms with Gasteiger partial charge in [-0.2, -0.15) is 5.26 Å². The first-order chi connectivity index (χ1) is 10.4. The molecule has 2 rings (SSSR count). The van der Waals surface area contributed by atoms with Crippen LogP contribution >= 0.6 is 0 Å². The molecule has 2 heterocycles. The molecule has 1 saturated heterocycles. The minimum atomic E-state index is -0.495. The second-order valence-electron chi connectivity index (χ2n) is 7.30. The highest BCUT2D eigenvalue weighted by atomic mass is 16.3. The first-order valence-corrected chi connectivity index (χ1v) is 8.17. The third-order valence-electron chi connectivity index (χ3n) is 4.68. The molecule has 0 radical (unpaired) electrons. The van der Waals surface area contributed by atoms with Gasteiger partial charge in [0.2, 0.25) is 0 Å². The van der Waals surface area contributed by atoms with Crippen molar-refractivity contribution in [2.24, 2.45) is 18.4 Å². The summed E-state index contributed by atoms with van der Waals surface area (Å²) in [4.78, 5) is 6.73. The number of rotatable bonds is 6. The Bertz CT molecular complexity index is 517. The molecular weight excluding hydrogens is 276 g/mol. The predicted octanol–water partition coefficient (Wildman–Crippen LogP) is 2.50. The second kappa shape index (κ2) is 7.26. The first kappa shape index (κ1) is 17.0. The lowest BCUT2D eigenvalue weighted by Gasteiger charge is -2.39. The number of aryl methyl sites for hydroxylation is 1. The average Bonchev–Trinajstić information content (AvgIpc) is 2.90. The van der Waals surface area contributed by atoms with Crippen molar-refractivity contribution in [2.45, 2.75) is 45.6 Å². The number of hydrogen-bond donors (Lipinski definition) is 1. The van der Waals surface area contributed by atoms with Gasteiger partial charge in [-0.1, -0.05) is 13.8 Å². The highest BCUT2D eigenvalue weighted by molar-refractivity contribution is 4.99. The second-order valence-corrected chi connectivity index (χ2v) is 7.30. The zero-order valence-electron chi connectivity index (χ0n) is 14.0. The quantitative estimate of drug-likeness (QED) is 0.877. The summed E-state index contributed by atoms with van der Waals surface area (Å²) in [7, 11) is 1.93. The van der Waals surface area contributed by atoms with Gasteiger partial charge in [-0.25, -0.2) is 4.98 Å². The number of piperidine rings is 1. The number of imidazole rings is 1. The van der Waals surface area contributed by atoms with Crippen LogP contribution in [-0.2, 0) is 7.05 Å². The highest BCUT2D eigenvalue weighted by Crippen LogP contribution is 2.31. The van der Waals surface area contributed by atoms with E-state index < -0.39 is 6.10 Å². The number of hydrogen-bond acceptors (Lipinski definition) is 4. The number of nitrogens with zero attached hydrogens (tertiary/aromatic N) is 4. The van der Waals surface area contributed by atoms with Gasteiger partial charge >= 0.3 is 0 Å². The average molecular weight is 304 g/mol. The molecule has 0 aliphatic carbocycles. The maximum absolute atomic E-state index is 10.6. The minimum Gasteiger partial charge on any atom is -0.385 e. The van der Waals surface area contributed by atoms with Crippen molar-refractivity contribution in [1.82, 2.24) is 14.5 Å². The van der Waals surface area contributed by atoms with Crippen LogP contribution in [0.4, 0.5) is 0 Å². The topological polar surface area (TPSA) is 65.1 Å². The van der Waals surface area contributed by atoms with Crippen LogP contribution < -0.4 is 0 Å². The van der Waals surface area contributed by atoms with Crippen molar-refractivity contribution in [3.63, 3.8) is 0 Å². The van der Waals surface area contributed by atoms with Crippen LogP contribution in [0.25, 0.3) is 0 Å². The molecule has 5 nitrogen and oxygen atoms in total. The van der Waals surface area contributed by atoms with Crippen LogP contribution in [0.1, 0.15) is 51.5 Å². The van der Waals surface area contributed by atoms with Crippen LogP contribution in [-0.4, -0.2) is 39.2 Å². The Morgan fingerprint density at radius 2 is 2.32 bits per heavy atom. The Labute approximate surface area is 133 Å². The Balaban J connectivity index is 1.94. The Hall–Kier alpha value is -1.38. The molecule has 5 heteroatoms. The molecule has 1 aromatic heterocycles. The summed E-state index contributed by atoms with van der Waals surface area (Å²) in [5.74, 6) is 0.997. The van der Waals surface area contributed by atoms with Crippen molar-refractivity contribution in [2.75, 3.05) is 19.6 Å². The number of aliphatic hydroxyl groups is 1. The molecule has 1 aromatic rings. The standard InChI is InChI=1S/C17H28N4O/c1-17(2,7-5-8-18)13-21-10-4-6-14(12-21)15(22)16-19-9-11-20(16)3/h9,11,14-15,22H,4-7,10,12-13H2,1-3H3. The normalized spacial score (nSPS) is 21.5. The predicted molar refractivity (Wildman–Crippen MR) is 86.0 cm³/mol. The summed E-state index contributed by atoms with van der Waals surface area (Å²) >= 11 is 0. The lowest BCUT2D eigenvalue weighted by molar-refractivity contribution is 0.0296. The molecular formula is C17H28N4O. The number of likely N-dealkylation sites (tertiary alicyclic amines) is 1. The molecule has 0 aromatic carbocycles. The maximum Gasteiger partial charge on any atom is 0.137 e. The van der Waals surface area contributed by atoms with Gasteiger partial charge in [-0.05, 0) is 31.2 Å². The molecule has 122 valence electrons. The van der Waals surface area contributed by atoms with Gasteiger partial charge in [-0.3, -0.25) is 0 Å². The van der Waals surface area contributed by atoms with E-state index in [0.717, 1.165) is 44.7 Å². The lowest BCUT2D eigenvalue weighted by Crippen LogP contribution is -2.43. The fraction of sp³-hybridized carbons (Fsp3) is 0.765. The van der Waals surface area contributed by atoms with Gasteiger partial charge in [-0.15, -0.1) is 0 Å². The zero-order chi connectivity index (χ0) is 16.2. The lowest BCUT2D eigenvalue weighted by atomic mass is 9.85. The minimum absolute atomic E-state index is 0.145. The smallest absolute Gasteiger partial charge is 0.137 e. The van der Waals surface area contributed by atoms with E-state index in [2.05, 4.69) is 29.8 Å². The molecule has 0 amide bonds. The molecule has 0 saturated carbocycles. The molecule has 0 spiro atoms. The molecule has 0 bridgehead atoms. The Kier molecular flexibility index (Phi) is 5.60. The molecule has 1 aliphatic rings. The van der Waals surface area contributed by atoms with Gasteiger partial charge in [0, 0.05) is 44.9 Å². The van der Waals surface area contributed by atoms with E-state index in [1.165, 1.54) is 0 Å². The van der Waals surface area contributed by atoms with Crippen molar-refractivity contribution >= 4 is 0 Å². The van der Waals surface area contributed by atoms with E-state index in [9.17, 15) is 5.11 Å². The molecule has 1 fully saturated rings. The molecule has 1 aliphatic heterocycles. The summed E-state index contributed by atoms with van der Waals surface area (Å²) in [5, 5.41) is 19.4.